The van der Waals surface area contributed by atoms with Gasteiger partial charge in [-0.2, -0.15) is 9.97 Å². The molecule has 0 bridgehead atoms. The first kappa shape index (κ1) is 26.7. The van der Waals surface area contributed by atoms with Crippen molar-refractivity contribution in [1.82, 2.24) is 25.6 Å². The predicted octanol–water partition coefficient (Wildman–Crippen LogP) is 4.30. The first-order valence-corrected chi connectivity index (χ1v) is 12.4. The summed E-state index contributed by atoms with van der Waals surface area (Å²) in [7, 11) is 0. The van der Waals surface area contributed by atoms with Crippen LogP contribution in [0.2, 0.25) is 0 Å². The van der Waals surface area contributed by atoms with Crippen LogP contribution < -0.4 is 10.6 Å². The van der Waals surface area contributed by atoms with Crippen molar-refractivity contribution in [2.24, 2.45) is 16.8 Å². The van der Waals surface area contributed by atoms with Crippen molar-refractivity contribution in [2.45, 2.75) is 123 Å². The molecular weight excluding hydrogens is 428 g/mol. The van der Waals surface area contributed by atoms with E-state index in [4.69, 9.17) is 4.74 Å². The Morgan fingerprint density at radius 1 is 0.941 bits per heavy atom. The van der Waals surface area contributed by atoms with Crippen LogP contribution in [-0.2, 0) is 9.53 Å². The zero-order valence-electron chi connectivity index (χ0n) is 22.7. The standard InChI is InChI=1S/C26H44N6O2/c1-17-28-16-29-21(30-17)27-15-20(33)34-26(10,18-11-22(2,3)31-23(4,5)12-18)19-13-24(6,7)32-25(8,9)14-19/h15-16,18-19,31-32H,11-14H2,1-10H3/b27-15+. The van der Waals surface area contributed by atoms with Gasteiger partial charge in [-0.1, -0.05) is 0 Å². The van der Waals surface area contributed by atoms with Gasteiger partial charge in [0.25, 0.3) is 5.95 Å². The number of nitrogens with one attached hydrogen (secondary N) is 2. The number of hydrogen-bond acceptors (Lipinski definition) is 8. The van der Waals surface area contributed by atoms with Crippen molar-refractivity contribution in [3.63, 3.8) is 0 Å². The Bertz CT molecular complexity index is 867. The number of ether oxygens (including phenoxy) is 1. The number of aromatic nitrogens is 3. The zero-order valence-corrected chi connectivity index (χ0v) is 22.7. The SMILES string of the molecule is Cc1ncnc(/N=C/C(=O)OC(C)(C2CC(C)(C)NC(C)(C)C2)C2CC(C)(C)NC(C)(C)C2)n1. The van der Waals surface area contributed by atoms with Crippen LogP contribution in [0.4, 0.5) is 5.95 Å². The highest BCUT2D eigenvalue weighted by Crippen LogP contribution is 2.49. The molecule has 1 aromatic rings. The van der Waals surface area contributed by atoms with Crippen molar-refractivity contribution in [3.05, 3.63) is 12.2 Å². The molecule has 2 N–H and O–H groups in total. The summed E-state index contributed by atoms with van der Waals surface area (Å²) in [6.45, 7) is 21.8. The normalized spacial score (nSPS) is 24.8. The van der Waals surface area contributed by atoms with E-state index in [1.54, 1.807) is 6.92 Å². The van der Waals surface area contributed by atoms with E-state index in [0.717, 1.165) is 25.7 Å². The highest BCUT2D eigenvalue weighted by Gasteiger charge is 2.54. The third-order valence-corrected chi connectivity index (χ3v) is 7.29. The van der Waals surface area contributed by atoms with E-state index >= 15 is 0 Å². The average molecular weight is 473 g/mol. The summed E-state index contributed by atoms with van der Waals surface area (Å²) >= 11 is 0. The zero-order chi connectivity index (χ0) is 25.6. The molecule has 0 atom stereocenters. The molecule has 0 saturated carbocycles. The molecule has 0 unspecified atom stereocenters. The average Bonchev–Trinajstić information content (AvgIpc) is 2.61. The molecule has 2 fully saturated rings. The van der Waals surface area contributed by atoms with Crippen molar-refractivity contribution in [3.8, 4) is 0 Å². The molecule has 0 aliphatic carbocycles. The van der Waals surface area contributed by atoms with Crippen LogP contribution in [-0.4, -0.2) is 54.9 Å². The van der Waals surface area contributed by atoms with Gasteiger partial charge >= 0.3 is 5.97 Å². The summed E-state index contributed by atoms with van der Waals surface area (Å²) in [6.07, 6.45) is 6.30. The second-order valence-electron chi connectivity index (χ2n) is 13.2. The Hall–Kier alpha value is -1.93. The molecule has 3 heterocycles. The lowest BCUT2D eigenvalue weighted by Gasteiger charge is -2.57. The molecule has 34 heavy (non-hydrogen) atoms. The Kier molecular flexibility index (Phi) is 7.01. The van der Waals surface area contributed by atoms with Gasteiger partial charge in [-0.15, -0.1) is 0 Å². The Labute approximate surface area is 205 Å². The molecule has 0 amide bonds. The lowest BCUT2D eigenvalue weighted by atomic mass is 9.60. The number of piperidine rings is 2. The Balaban J connectivity index is 1.95. The highest BCUT2D eigenvalue weighted by molar-refractivity contribution is 6.23. The summed E-state index contributed by atoms with van der Waals surface area (Å²) < 4.78 is 6.43. The van der Waals surface area contributed by atoms with E-state index in [9.17, 15) is 4.79 Å². The van der Waals surface area contributed by atoms with Gasteiger partial charge in [0.1, 0.15) is 24.0 Å². The van der Waals surface area contributed by atoms with E-state index in [1.807, 2.05) is 0 Å². The fourth-order valence-corrected chi connectivity index (χ4v) is 6.74. The molecule has 0 aromatic carbocycles. The minimum Gasteiger partial charge on any atom is -0.454 e. The maximum atomic E-state index is 13.2. The fourth-order valence-electron chi connectivity index (χ4n) is 6.74. The number of hydrogen-bond donors (Lipinski definition) is 2. The molecule has 8 nitrogen and oxygen atoms in total. The maximum Gasteiger partial charge on any atom is 0.350 e. The van der Waals surface area contributed by atoms with Crippen LogP contribution in [0.3, 0.4) is 0 Å². The molecular formula is C26H44N6O2. The first-order chi connectivity index (χ1) is 15.4. The second kappa shape index (κ2) is 8.94. The third-order valence-electron chi connectivity index (χ3n) is 7.29. The highest BCUT2D eigenvalue weighted by atomic mass is 16.6. The number of nitrogens with zero attached hydrogens (tertiary/aromatic N) is 4. The third kappa shape index (κ3) is 6.60. The van der Waals surface area contributed by atoms with Gasteiger partial charge in [0.05, 0.1) is 0 Å². The largest absolute Gasteiger partial charge is 0.454 e. The molecule has 1 aromatic heterocycles. The minimum atomic E-state index is -0.647. The topological polar surface area (TPSA) is 101 Å². The Morgan fingerprint density at radius 2 is 1.38 bits per heavy atom. The van der Waals surface area contributed by atoms with Crippen LogP contribution in [0.5, 0.6) is 0 Å². The first-order valence-electron chi connectivity index (χ1n) is 12.4. The van der Waals surface area contributed by atoms with E-state index in [2.05, 4.69) is 92.9 Å². The number of carbonyl (C=O) groups excluding carboxylic acids is 1. The van der Waals surface area contributed by atoms with E-state index in [1.165, 1.54) is 12.5 Å². The lowest BCUT2D eigenvalue weighted by Crippen LogP contribution is -2.66. The van der Waals surface area contributed by atoms with Gasteiger partial charge in [-0.25, -0.2) is 14.8 Å². The molecule has 0 radical (unpaired) electrons. The second-order valence-corrected chi connectivity index (χ2v) is 13.2. The summed E-state index contributed by atoms with van der Waals surface area (Å²) in [5, 5.41) is 7.55. The molecule has 0 spiro atoms. The lowest BCUT2D eigenvalue weighted by molar-refractivity contribution is -0.176. The van der Waals surface area contributed by atoms with Gasteiger partial charge < -0.3 is 15.4 Å². The van der Waals surface area contributed by atoms with Gasteiger partial charge in [-0.3, -0.25) is 0 Å². The van der Waals surface area contributed by atoms with Gasteiger partial charge in [-0.05, 0) is 94.9 Å². The number of rotatable bonds is 5. The number of carbonyl (C=O) groups is 1. The summed E-state index contributed by atoms with van der Waals surface area (Å²) in [6, 6.07) is 0. The molecule has 2 saturated heterocycles. The van der Waals surface area contributed by atoms with Crippen molar-refractivity contribution >= 4 is 18.1 Å². The van der Waals surface area contributed by atoms with Crippen molar-refractivity contribution in [1.29, 1.82) is 0 Å². The Morgan fingerprint density at radius 3 is 1.79 bits per heavy atom. The van der Waals surface area contributed by atoms with Crippen LogP contribution in [0.1, 0.15) is 93.8 Å². The summed E-state index contributed by atoms with van der Waals surface area (Å²) in [5.41, 5.74) is -0.891. The molecule has 8 heteroatoms. The number of esters is 1. The molecule has 3 rings (SSSR count). The van der Waals surface area contributed by atoms with E-state index < -0.39 is 11.6 Å². The monoisotopic (exact) mass is 472 g/mol. The quantitative estimate of drug-likeness (QED) is 0.487. The van der Waals surface area contributed by atoms with E-state index in [-0.39, 0.29) is 39.9 Å². The summed E-state index contributed by atoms with van der Waals surface area (Å²) in [4.78, 5) is 29.5. The number of aryl methyl sites for hydroxylation is 1. The van der Waals surface area contributed by atoms with Gasteiger partial charge in [0.2, 0.25) is 0 Å². The van der Waals surface area contributed by atoms with Gasteiger partial charge in [0.15, 0.2) is 0 Å². The predicted molar refractivity (Wildman–Crippen MR) is 135 cm³/mol. The van der Waals surface area contributed by atoms with Gasteiger partial charge in [0, 0.05) is 34.0 Å². The fraction of sp³-hybridized carbons (Fsp3) is 0.808. The van der Waals surface area contributed by atoms with Crippen molar-refractivity contribution in [2.75, 3.05) is 0 Å². The summed E-state index contributed by atoms with van der Waals surface area (Å²) in [5.74, 6) is 0.706. The van der Waals surface area contributed by atoms with Crippen LogP contribution in [0.15, 0.2) is 11.3 Å². The molecule has 2 aliphatic rings. The van der Waals surface area contributed by atoms with E-state index in [0.29, 0.717) is 5.82 Å². The smallest absolute Gasteiger partial charge is 0.350 e. The maximum absolute atomic E-state index is 13.2. The van der Waals surface area contributed by atoms with Crippen molar-refractivity contribution < 1.29 is 9.53 Å². The number of aliphatic imine (C=N–C) groups is 1. The van der Waals surface area contributed by atoms with Crippen LogP contribution in [0, 0.1) is 18.8 Å². The molecule has 190 valence electrons. The van der Waals surface area contributed by atoms with Crippen LogP contribution >= 0.6 is 0 Å². The minimum absolute atomic E-state index is 0.0610. The molecule has 2 aliphatic heterocycles. The van der Waals surface area contributed by atoms with Crippen LogP contribution in [0.25, 0.3) is 0 Å².